The van der Waals surface area contributed by atoms with E-state index < -0.39 is 17.3 Å². The Bertz CT molecular complexity index is 1040. The molecule has 0 aliphatic heterocycles. The molecule has 6 heteroatoms. The van der Waals surface area contributed by atoms with E-state index in [1.54, 1.807) is 24.3 Å². The highest BCUT2D eigenvalue weighted by molar-refractivity contribution is 6.04. The molecule has 2 aromatic carbocycles. The van der Waals surface area contributed by atoms with Crippen LogP contribution in [-0.4, -0.2) is 10.6 Å². The number of amides is 1. The van der Waals surface area contributed by atoms with Crippen LogP contribution in [0.2, 0.25) is 0 Å². The molecule has 0 spiro atoms. The Labute approximate surface area is 156 Å². The van der Waals surface area contributed by atoms with Crippen LogP contribution in [-0.2, 0) is 6.61 Å². The van der Waals surface area contributed by atoms with Gasteiger partial charge in [0.25, 0.3) is 11.5 Å². The molecule has 1 amide bonds. The molecule has 0 aliphatic rings. The smallest absolute Gasteiger partial charge is 0.295 e. The van der Waals surface area contributed by atoms with E-state index in [0.717, 1.165) is 15.9 Å². The van der Waals surface area contributed by atoms with Gasteiger partial charge in [-0.3, -0.25) is 9.59 Å². The normalized spacial score (nSPS) is 10.5. The van der Waals surface area contributed by atoms with Crippen LogP contribution in [0.25, 0.3) is 0 Å². The van der Waals surface area contributed by atoms with Gasteiger partial charge in [-0.25, -0.2) is 4.39 Å². The molecule has 0 saturated heterocycles. The first-order valence-corrected chi connectivity index (χ1v) is 8.43. The Kier molecular flexibility index (Phi) is 5.35. The van der Waals surface area contributed by atoms with Gasteiger partial charge in [-0.15, -0.1) is 0 Å². The van der Waals surface area contributed by atoms with Crippen molar-refractivity contribution in [3.05, 3.63) is 99.2 Å². The zero-order chi connectivity index (χ0) is 19.4. The lowest BCUT2D eigenvalue weighted by molar-refractivity contribution is 0.0847. The summed E-state index contributed by atoms with van der Waals surface area (Å²) in [5.74, 6) is -0.952. The van der Waals surface area contributed by atoms with Gasteiger partial charge in [0.15, 0.2) is 0 Å². The monoisotopic (exact) mass is 366 g/mol. The van der Waals surface area contributed by atoms with Gasteiger partial charge in [0.1, 0.15) is 18.0 Å². The third-order valence-corrected chi connectivity index (χ3v) is 4.33. The largest absolute Gasteiger partial charge is 0.406 e. The molecule has 0 unspecified atom stereocenters. The Morgan fingerprint density at radius 3 is 2.63 bits per heavy atom. The van der Waals surface area contributed by atoms with Crippen LogP contribution in [0, 0.1) is 19.7 Å². The number of hydrogen-bond acceptors (Lipinski definition) is 3. The van der Waals surface area contributed by atoms with E-state index in [2.05, 4.69) is 5.32 Å². The number of aromatic nitrogens is 1. The number of nitrogens with zero attached hydrogens (tertiary/aromatic N) is 1. The van der Waals surface area contributed by atoms with Crippen molar-refractivity contribution in [1.29, 1.82) is 0 Å². The average molecular weight is 366 g/mol. The molecule has 1 heterocycles. The van der Waals surface area contributed by atoms with Crippen molar-refractivity contribution in [2.75, 3.05) is 5.32 Å². The van der Waals surface area contributed by atoms with Gasteiger partial charge >= 0.3 is 0 Å². The number of nitrogens with one attached hydrogen (secondary N) is 1. The van der Waals surface area contributed by atoms with E-state index in [1.807, 2.05) is 26.0 Å². The Morgan fingerprint density at radius 1 is 1.07 bits per heavy atom. The summed E-state index contributed by atoms with van der Waals surface area (Å²) in [4.78, 5) is 30.5. The lowest BCUT2D eigenvalue weighted by Crippen LogP contribution is -2.32. The molecule has 1 N–H and O–H groups in total. The number of aryl methyl sites for hydroxylation is 1. The lowest BCUT2D eigenvalue weighted by Gasteiger charge is -2.12. The number of pyridine rings is 1. The summed E-state index contributed by atoms with van der Waals surface area (Å²) in [6, 6.07) is 14.6. The first-order chi connectivity index (χ1) is 13.0. The number of hydrogen-bond donors (Lipinski definition) is 1. The maximum atomic E-state index is 13.7. The van der Waals surface area contributed by atoms with Crippen LogP contribution < -0.4 is 15.7 Å². The fourth-order valence-corrected chi connectivity index (χ4v) is 2.58. The minimum absolute atomic E-state index is 0.0630. The fraction of sp³-hybridized carbons (Fsp3) is 0.143. The second kappa shape index (κ2) is 7.86. The van der Waals surface area contributed by atoms with Crippen LogP contribution in [0.15, 0.2) is 65.6 Å². The summed E-state index contributed by atoms with van der Waals surface area (Å²) < 4.78 is 14.6. The predicted molar refractivity (Wildman–Crippen MR) is 101 cm³/mol. The summed E-state index contributed by atoms with van der Waals surface area (Å²) in [6.45, 7) is 3.71. The summed E-state index contributed by atoms with van der Waals surface area (Å²) in [5, 5.41) is 2.75. The average Bonchev–Trinajstić information content (AvgIpc) is 2.65. The first kappa shape index (κ1) is 18.4. The third-order valence-electron chi connectivity index (χ3n) is 4.33. The lowest BCUT2D eigenvalue weighted by atomic mass is 10.1. The summed E-state index contributed by atoms with van der Waals surface area (Å²) in [7, 11) is 0. The highest BCUT2D eigenvalue weighted by atomic mass is 19.1. The highest BCUT2D eigenvalue weighted by Crippen LogP contribution is 2.18. The van der Waals surface area contributed by atoms with Crippen LogP contribution in [0.5, 0.6) is 0 Å². The number of carbonyl (C=O) groups excluding carboxylic acids is 1. The number of anilines is 1. The van der Waals surface area contributed by atoms with Crippen molar-refractivity contribution in [2.45, 2.75) is 20.5 Å². The van der Waals surface area contributed by atoms with Crippen molar-refractivity contribution in [1.82, 2.24) is 4.73 Å². The quantitative estimate of drug-likeness (QED) is 0.752. The summed E-state index contributed by atoms with van der Waals surface area (Å²) in [6.07, 6.45) is 1.39. The molecule has 0 fully saturated rings. The van der Waals surface area contributed by atoms with Gasteiger partial charge < -0.3 is 10.2 Å². The molecule has 138 valence electrons. The topological polar surface area (TPSA) is 60.3 Å². The minimum Gasteiger partial charge on any atom is -0.406 e. The molecule has 0 saturated carbocycles. The highest BCUT2D eigenvalue weighted by Gasteiger charge is 2.14. The van der Waals surface area contributed by atoms with Crippen LogP contribution >= 0.6 is 0 Å². The van der Waals surface area contributed by atoms with Gasteiger partial charge in [-0.05, 0) is 49.2 Å². The van der Waals surface area contributed by atoms with E-state index in [1.165, 1.54) is 24.4 Å². The molecule has 27 heavy (non-hydrogen) atoms. The van der Waals surface area contributed by atoms with Gasteiger partial charge in [-0.1, -0.05) is 30.3 Å². The van der Waals surface area contributed by atoms with Crippen molar-refractivity contribution >= 4 is 11.6 Å². The summed E-state index contributed by atoms with van der Waals surface area (Å²) >= 11 is 0. The van der Waals surface area contributed by atoms with Crippen LogP contribution in [0.1, 0.15) is 27.0 Å². The van der Waals surface area contributed by atoms with E-state index >= 15 is 0 Å². The number of carbonyl (C=O) groups is 1. The van der Waals surface area contributed by atoms with Crippen LogP contribution in [0.4, 0.5) is 10.1 Å². The first-order valence-electron chi connectivity index (χ1n) is 8.43. The Hall–Kier alpha value is -3.41. The van der Waals surface area contributed by atoms with Crippen molar-refractivity contribution in [2.24, 2.45) is 0 Å². The van der Waals surface area contributed by atoms with E-state index in [9.17, 15) is 14.0 Å². The molecular weight excluding hydrogens is 347 g/mol. The van der Waals surface area contributed by atoms with Gasteiger partial charge in [0.05, 0.1) is 0 Å². The molecular formula is C21H19FN2O3. The minimum atomic E-state index is -0.614. The number of halogens is 1. The zero-order valence-electron chi connectivity index (χ0n) is 15.0. The van der Waals surface area contributed by atoms with Crippen molar-refractivity contribution in [3.8, 4) is 0 Å². The van der Waals surface area contributed by atoms with E-state index in [0.29, 0.717) is 11.3 Å². The molecule has 0 aliphatic carbocycles. The summed E-state index contributed by atoms with van der Waals surface area (Å²) in [5.41, 5.74) is 2.24. The van der Waals surface area contributed by atoms with Gasteiger partial charge in [0.2, 0.25) is 0 Å². The molecule has 3 rings (SSSR count). The SMILES string of the molecule is Cc1cccc(NC(=O)c2cccn(OCc3ccccc3F)c2=O)c1C. The van der Waals surface area contributed by atoms with E-state index in [4.69, 9.17) is 4.84 Å². The molecule has 0 radical (unpaired) electrons. The molecule has 0 bridgehead atoms. The molecule has 0 atom stereocenters. The van der Waals surface area contributed by atoms with Crippen molar-refractivity contribution < 1.29 is 14.0 Å². The Balaban J connectivity index is 1.80. The number of rotatable bonds is 5. The fourth-order valence-electron chi connectivity index (χ4n) is 2.58. The maximum absolute atomic E-state index is 13.7. The van der Waals surface area contributed by atoms with Crippen molar-refractivity contribution in [3.63, 3.8) is 0 Å². The molecule has 5 nitrogen and oxygen atoms in total. The maximum Gasteiger partial charge on any atom is 0.295 e. The van der Waals surface area contributed by atoms with E-state index in [-0.39, 0.29) is 12.2 Å². The Morgan fingerprint density at radius 2 is 1.85 bits per heavy atom. The van der Waals surface area contributed by atoms with Gasteiger partial charge in [-0.2, -0.15) is 4.73 Å². The third kappa shape index (κ3) is 4.06. The standard InChI is InChI=1S/C21H19FN2O3/c1-14-7-5-11-19(15(14)2)23-20(25)17-9-6-12-24(21(17)26)27-13-16-8-3-4-10-18(16)22/h3-12H,13H2,1-2H3,(H,23,25). The number of benzene rings is 2. The van der Waals surface area contributed by atoms with Gasteiger partial charge in [0, 0.05) is 17.4 Å². The predicted octanol–water partition coefficient (Wildman–Crippen LogP) is 3.49. The molecule has 3 aromatic rings. The zero-order valence-corrected chi connectivity index (χ0v) is 15.0. The second-order valence-electron chi connectivity index (χ2n) is 6.12. The molecule has 1 aromatic heterocycles. The second-order valence-corrected chi connectivity index (χ2v) is 6.12. The van der Waals surface area contributed by atoms with Crippen LogP contribution in [0.3, 0.4) is 0 Å².